The molecule has 0 atom stereocenters. The third-order valence-corrected chi connectivity index (χ3v) is 0. The SMILES string of the molecule is N[SH3].N[SH3].O=C(O)O. The lowest BCUT2D eigenvalue weighted by Crippen LogP contribution is -1.81. The lowest BCUT2D eigenvalue weighted by molar-refractivity contribution is 0.137. The van der Waals surface area contributed by atoms with Gasteiger partial charge in [-0.15, -0.1) is 0 Å². The van der Waals surface area contributed by atoms with Crippen molar-refractivity contribution in [2.24, 2.45) is 10.3 Å². The Morgan fingerprint density at radius 1 is 1.12 bits per heavy atom. The van der Waals surface area contributed by atoms with Crippen LogP contribution in [-0.2, 0) is 0 Å². The van der Waals surface area contributed by atoms with Gasteiger partial charge in [-0.1, -0.05) is 0 Å². The predicted octanol–water partition coefficient (Wildman–Crippen LogP) is -1.27. The van der Waals surface area contributed by atoms with Gasteiger partial charge in [0.2, 0.25) is 0 Å². The summed E-state index contributed by atoms with van der Waals surface area (Å²) in [7, 11) is 0. The zero-order valence-electron chi connectivity index (χ0n) is 4.11. The Kier molecular flexibility index (Phi) is 56.0. The minimum atomic E-state index is -1.83. The number of hydrogen-bond acceptors (Lipinski definition) is 3. The second kappa shape index (κ2) is 28.6. The summed E-state index contributed by atoms with van der Waals surface area (Å²) in [6, 6.07) is 0. The topological polar surface area (TPSA) is 110 Å². The largest absolute Gasteiger partial charge is 0.503 e. The lowest BCUT2D eigenvalue weighted by Gasteiger charge is -1.60. The molecule has 0 saturated carbocycles. The van der Waals surface area contributed by atoms with E-state index in [2.05, 4.69) is 10.3 Å². The van der Waals surface area contributed by atoms with Crippen LogP contribution in [0.15, 0.2) is 0 Å². The van der Waals surface area contributed by atoms with Crippen molar-refractivity contribution in [1.82, 2.24) is 0 Å². The van der Waals surface area contributed by atoms with Crippen molar-refractivity contribution < 1.29 is 15.0 Å². The van der Waals surface area contributed by atoms with Crippen LogP contribution in [-0.4, -0.2) is 16.4 Å². The molecule has 0 aromatic heterocycles. The van der Waals surface area contributed by atoms with Crippen LogP contribution in [0.5, 0.6) is 0 Å². The molecule has 56 valence electrons. The van der Waals surface area contributed by atoms with Gasteiger partial charge >= 0.3 is 6.16 Å². The minimum Gasteiger partial charge on any atom is -0.450 e. The van der Waals surface area contributed by atoms with Gasteiger partial charge in [0.15, 0.2) is 0 Å². The van der Waals surface area contributed by atoms with Crippen LogP contribution >= 0.6 is 25.6 Å². The van der Waals surface area contributed by atoms with Crippen molar-refractivity contribution >= 4 is 31.8 Å². The maximum atomic E-state index is 8.56. The number of carbonyl (C=O) groups is 1. The Labute approximate surface area is 57.8 Å². The van der Waals surface area contributed by atoms with E-state index in [1.54, 1.807) is 0 Å². The van der Waals surface area contributed by atoms with Crippen molar-refractivity contribution in [2.45, 2.75) is 0 Å². The average Bonchev–Trinajstić information content (AvgIpc) is 1.75. The van der Waals surface area contributed by atoms with Crippen LogP contribution in [0.3, 0.4) is 0 Å². The maximum Gasteiger partial charge on any atom is 0.503 e. The van der Waals surface area contributed by atoms with E-state index < -0.39 is 6.16 Å². The molecule has 0 aromatic rings. The Balaban J connectivity index is -0.0000000542. The summed E-state index contributed by atoms with van der Waals surface area (Å²) in [5.74, 6) is 0. The molecule has 0 spiro atoms. The van der Waals surface area contributed by atoms with Crippen molar-refractivity contribution in [2.75, 3.05) is 0 Å². The highest BCUT2D eigenvalue weighted by Crippen LogP contribution is 1.42. The molecule has 5 nitrogen and oxygen atoms in total. The molecule has 8 heavy (non-hydrogen) atoms. The fourth-order valence-electron chi connectivity index (χ4n) is 0. The molecule has 0 rings (SSSR count). The Morgan fingerprint density at radius 3 is 1.12 bits per heavy atom. The summed E-state index contributed by atoms with van der Waals surface area (Å²) in [5, 5.41) is 22.8. The second-order valence-electron chi connectivity index (χ2n) is 0.283. The van der Waals surface area contributed by atoms with E-state index in [9.17, 15) is 0 Å². The quantitative estimate of drug-likeness (QED) is 0.357. The summed E-state index contributed by atoms with van der Waals surface area (Å²) in [6.45, 7) is 0. The molecule has 0 bridgehead atoms. The van der Waals surface area contributed by atoms with Gasteiger partial charge in [0, 0.05) is 0 Å². The van der Waals surface area contributed by atoms with Crippen LogP contribution in [0.25, 0.3) is 0 Å². The molecule has 0 radical (unpaired) electrons. The number of carboxylic acid groups (broad SMARTS) is 2. The molecule has 0 aliphatic carbocycles. The van der Waals surface area contributed by atoms with Gasteiger partial charge in [-0.3, -0.25) is 0 Å². The molecule has 0 aliphatic heterocycles. The van der Waals surface area contributed by atoms with Gasteiger partial charge in [-0.2, -0.15) is 0 Å². The van der Waals surface area contributed by atoms with E-state index in [1.807, 2.05) is 25.6 Å². The number of hydrogen-bond donors (Lipinski definition) is 4. The monoisotopic (exact) mass is 164 g/mol. The molecule has 0 amide bonds. The van der Waals surface area contributed by atoms with Crippen molar-refractivity contribution in [3.05, 3.63) is 0 Å². The normalized spacial score (nSPS) is 5.75. The first-order chi connectivity index (χ1) is 3.73. The van der Waals surface area contributed by atoms with Gasteiger partial charge in [0.05, 0.1) is 0 Å². The first kappa shape index (κ1) is 15.7. The first-order valence-electron chi connectivity index (χ1n) is 1.32. The fraction of sp³-hybridized carbons (Fsp3) is 0. The molecule has 0 unspecified atom stereocenters. The molecule has 0 saturated heterocycles. The third kappa shape index (κ3) is 11600. The van der Waals surface area contributed by atoms with Crippen molar-refractivity contribution in [3.8, 4) is 0 Å². The van der Waals surface area contributed by atoms with Crippen LogP contribution in [0, 0.1) is 0 Å². The van der Waals surface area contributed by atoms with E-state index in [0.29, 0.717) is 0 Å². The van der Waals surface area contributed by atoms with Gasteiger partial charge < -0.3 is 20.5 Å². The molecule has 0 aromatic carbocycles. The second-order valence-corrected chi connectivity index (χ2v) is 0.283. The summed E-state index contributed by atoms with van der Waals surface area (Å²) in [5.41, 5.74) is 0. The molecular formula is CH12N2O3S2. The molecule has 0 heterocycles. The summed E-state index contributed by atoms with van der Waals surface area (Å²) in [6.07, 6.45) is -1.83. The Morgan fingerprint density at radius 2 is 1.12 bits per heavy atom. The molecular weight excluding hydrogens is 152 g/mol. The highest BCUT2D eigenvalue weighted by Gasteiger charge is 1.70. The van der Waals surface area contributed by atoms with Crippen LogP contribution < -0.4 is 10.3 Å². The maximum absolute atomic E-state index is 8.56. The molecule has 6 N–H and O–H groups in total. The van der Waals surface area contributed by atoms with Gasteiger partial charge in [0.1, 0.15) is 0 Å². The first-order valence-corrected chi connectivity index (χ1v) is 2.65. The van der Waals surface area contributed by atoms with Gasteiger partial charge in [0.25, 0.3) is 0 Å². The number of rotatable bonds is 0. The molecule has 0 fully saturated rings. The van der Waals surface area contributed by atoms with Crippen LogP contribution in [0.1, 0.15) is 0 Å². The van der Waals surface area contributed by atoms with E-state index in [-0.39, 0.29) is 0 Å². The van der Waals surface area contributed by atoms with E-state index in [4.69, 9.17) is 15.0 Å². The highest BCUT2D eigenvalue weighted by atomic mass is 32.1. The van der Waals surface area contributed by atoms with Crippen LogP contribution in [0.2, 0.25) is 0 Å². The molecule has 0 aliphatic rings. The van der Waals surface area contributed by atoms with Crippen molar-refractivity contribution in [1.29, 1.82) is 0 Å². The van der Waals surface area contributed by atoms with Gasteiger partial charge in [-0.25, -0.2) is 30.4 Å². The number of nitrogens with two attached hydrogens (primary N) is 2. The predicted molar refractivity (Wildman–Crippen MR) is 42.6 cm³/mol. The van der Waals surface area contributed by atoms with E-state index in [0.717, 1.165) is 0 Å². The van der Waals surface area contributed by atoms with Crippen LogP contribution in [0.4, 0.5) is 4.79 Å². The highest BCUT2D eigenvalue weighted by molar-refractivity contribution is 7.77. The van der Waals surface area contributed by atoms with E-state index >= 15 is 0 Å². The fourth-order valence-corrected chi connectivity index (χ4v) is 0. The van der Waals surface area contributed by atoms with Crippen molar-refractivity contribution in [3.63, 3.8) is 0 Å². The Bertz CT molecular complexity index is 38.3. The summed E-state index contributed by atoms with van der Waals surface area (Å²) in [4.78, 5) is 8.56. The third-order valence-electron chi connectivity index (χ3n) is 0. The zero-order chi connectivity index (χ0) is 7.58. The van der Waals surface area contributed by atoms with Gasteiger partial charge in [-0.05, 0) is 0 Å². The smallest absolute Gasteiger partial charge is 0.450 e. The summed E-state index contributed by atoms with van der Waals surface area (Å²) >= 11 is 3.83. The lowest BCUT2D eigenvalue weighted by atomic mass is 11.5. The average molecular weight is 164 g/mol. The Hall–Kier alpha value is -0.110. The summed E-state index contributed by atoms with van der Waals surface area (Å²) < 4.78 is 0. The molecule has 7 heteroatoms. The van der Waals surface area contributed by atoms with E-state index in [1.165, 1.54) is 0 Å². The standard InChI is InChI=1S/CH2O3.2H5NS/c2-1(3)4;2*1-2/h(H2,2,3,4);2*1H2,2H3. The minimum absolute atomic E-state index is 1.83. The zero-order valence-corrected chi connectivity index (χ0v) is 6.42.